The standard InChI is InChI=1S/C20H25N3O4S/c1-4-23(5-2)28(26,27)18-8-6-7-17(14-18)20(25)22-21-19(24)13-16-11-9-15(3)10-12-16/h6-12,14H,4-5,13H2,1-3H3,(H,21,24)(H,22,25). The first-order valence-electron chi connectivity index (χ1n) is 9.02. The third-order valence-corrected chi connectivity index (χ3v) is 6.29. The third-order valence-electron chi connectivity index (χ3n) is 4.24. The van der Waals surface area contributed by atoms with Crippen molar-refractivity contribution >= 4 is 21.8 Å². The Labute approximate surface area is 165 Å². The quantitative estimate of drug-likeness (QED) is 0.692. The molecule has 0 atom stereocenters. The van der Waals surface area contributed by atoms with Crippen molar-refractivity contribution in [3.05, 3.63) is 65.2 Å². The van der Waals surface area contributed by atoms with Gasteiger partial charge in [-0.05, 0) is 30.7 Å². The number of carbonyl (C=O) groups is 2. The number of hydrogen-bond donors (Lipinski definition) is 2. The van der Waals surface area contributed by atoms with Gasteiger partial charge in [-0.15, -0.1) is 0 Å². The second kappa shape index (κ2) is 9.48. The summed E-state index contributed by atoms with van der Waals surface area (Å²) in [5, 5.41) is 0. The minimum Gasteiger partial charge on any atom is -0.273 e. The van der Waals surface area contributed by atoms with Gasteiger partial charge in [-0.1, -0.05) is 49.7 Å². The molecule has 2 amide bonds. The molecule has 0 aliphatic carbocycles. The molecular weight excluding hydrogens is 378 g/mol. The van der Waals surface area contributed by atoms with E-state index in [2.05, 4.69) is 10.9 Å². The summed E-state index contributed by atoms with van der Waals surface area (Å²) in [7, 11) is -3.67. The van der Waals surface area contributed by atoms with Crippen LogP contribution in [-0.2, 0) is 21.2 Å². The van der Waals surface area contributed by atoms with Crippen LogP contribution in [0.5, 0.6) is 0 Å². The van der Waals surface area contributed by atoms with Crippen molar-refractivity contribution in [3.8, 4) is 0 Å². The Bertz CT molecular complexity index is 936. The fourth-order valence-corrected chi connectivity index (χ4v) is 4.15. The highest BCUT2D eigenvalue weighted by molar-refractivity contribution is 7.89. The summed E-state index contributed by atoms with van der Waals surface area (Å²) < 4.78 is 26.5. The Kier molecular flexibility index (Phi) is 7.31. The maximum atomic E-state index is 12.6. The maximum absolute atomic E-state index is 12.6. The van der Waals surface area contributed by atoms with Crippen LogP contribution in [0.25, 0.3) is 0 Å². The number of rotatable bonds is 7. The molecule has 2 rings (SSSR count). The van der Waals surface area contributed by atoms with E-state index in [1.54, 1.807) is 13.8 Å². The molecule has 0 heterocycles. The second-order valence-corrected chi connectivity index (χ2v) is 8.22. The number of benzene rings is 2. The van der Waals surface area contributed by atoms with E-state index < -0.39 is 15.9 Å². The van der Waals surface area contributed by atoms with Gasteiger partial charge in [0.1, 0.15) is 0 Å². The lowest BCUT2D eigenvalue weighted by Gasteiger charge is -2.18. The molecule has 0 bridgehead atoms. The van der Waals surface area contributed by atoms with Crippen LogP contribution in [0.3, 0.4) is 0 Å². The summed E-state index contributed by atoms with van der Waals surface area (Å²) in [6.45, 7) is 6.13. The number of hydrazine groups is 1. The average molecular weight is 404 g/mol. The molecule has 0 saturated heterocycles. The molecule has 0 aromatic heterocycles. The van der Waals surface area contributed by atoms with Gasteiger partial charge >= 0.3 is 0 Å². The van der Waals surface area contributed by atoms with Crippen molar-refractivity contribution < 1.29 is 18.0 Å². The minimum absolute atomic E-state index is 0.0369. The number of amides is 2. The zero-order valence-corrected chi connectivity index (χ0v) is 17.0. The van der Waals surface area contributed by atoms with Crippen LogP contribution in [-0.4, -0.2) is 37.6 Å². The van der Waals surface area contributed by atoms with Crippen molar-refractivity contribution in [3.63, 3.8) is 0 Å². The number of nitrogens with zero attached hydrogens (tertiary/aromatic N) is 1. The van der Waals surface area contributed by atoms with Gasteiger partial charge in [0.25, 0.3) is 5.91 Å². The molecule has 2 aromatic carbocycles. The molecule has 7 nitrogen and oxygen atoms in total. The lowest BCUT2D eigenvalue weighted by atomic mass is 10.1. The van der Waals surface area contributed by atoms with E-state index in [-0.39, 0.29) is 22.8 Å². The topological polar surface area (TPSA) is 95.6 Å². The van der Waals surface area contributed by atoms with Gasteiger partial charge < -0.3 is 0 Å². The normalized spacial score (nSPS) is 11.3. The first kappa shape index (κ1) is 21.6. The average Bonchev–Trinajstić information content (AvgIpc) is 2.68. The molecular formula is C20H25N3O4S. The molecule has 0 saturated carbocycles. The lowest BCUT2D eigenvalue weighted by Crippen LogP contribution is -2.42. The van der Waals surface area contributed by atoms with Crippen LogP contribution in [0.1, 0.15) is 35.3 Å². The monoisotopic (exact) mass is 403 g/mol. The summed E-state index contributed by atoms with van der Waals surface area (Å²) >= 11 is 0. The van der Waals surface area contributed by atoms with E-state index >= 15 is 0 Å². The van der Waals surface area contributed by atoms with Crippen LogP contribution in [0.2, 0.25) is 0 Å². The maximum Gasteiger partial charge on any atom is 0.269 e. The molecule has 0 radical (unpaired) electrons. The van der Waals surface area contributed by atoms with Crippen molar-refractivity contribution in [1.82, 2.24) is 15.2 Å². The predicted molar refractivity (Wildman–Crippen MR) is 107 cm³/mol. The van der Waals surface area contributed by atoms with E-state index in [4.69, 9.17) is 0 Å². The molecule has 0 aliphatic rings. The van der Waals surface area contributed by atoms with Crippen molar-refractivity contribution in [2.45, 2.75) is 32.1 Å². The van der Waals surface area contributed by atoms with E-state index in [1.165, 1.54) is 28.6 Å². The zero-order valence-electron chi connectivity index (χ0n) is 16.2. The number of aryl methyl sites for hydroxylation is 1. The van der Waals surface area contributed by atoms with Gasteiger partial charge in [0.05, 0.1) is 11.3 Å². The summed E-state index contributed by atoms with van der Waals surface area (Å²) in [6.07, 6.45) is 0.122. The molecule has 8 heteroatoms. The van der Waals surface area contributed by atoms with Gasteiger partial charge in [0.2, 0.25) is 15.9 Å². The Balaban J connectivity index is 2.02. The second-order valence-electron chi connectivity index (χ2n) is 6.28. The van der Waals surface area contributed by atoms with Crippen molar-refractivity contribution in [2.24, 2.45) is 0 Å². The largest absolute Gasteiger partial charge is 0.273 e. The summed E-state index contributed by atoms with van der Waals surface area (Å²) in [5.74, 6) is -0.960. The highest BCUT2D eigenvalue weighted by atomic mass is 32.2. The van der Waals surface area contributed by atoms with Gasteiger partial charge in [0, 0.05) is 18.7 Å². The molecule has 0 fully saturated rings. The first-order chi connectivity index (χ1) is 13.3. The van der Waals surface area contributed by atoms with Gasteiger partial charge in [-0.25, -0.2) is 8.42 Å². The van der Waals surface area contributed by atoms with E-state index in [1.807, 2.05) is 31.2 Å². The molecule has 28 heavy (non-hydrogen) atoms. The summed E-state index contributed by atoms with van der Waals surface area (Å²) in [4.78, 5) is 24.3. The lowest BCUT2D eigenvalue weighted by molar-refractivity contribution is -0.121. The van der Waals surface area contributed by atoms with E-state index in [9.17, 15) is 18.0 Å². The van der Waals surface area contributed by atoms with Gasteiger partial charge in [-0.2, -0.15) is 4.31 Å². The summed E-state index contributed by atoms with van der Waals surface area (Å²) in [5.41, 5.74) is 6.73. The number of nitrogens with one attached hydrogen (secondary N) is 2. The van der Waals surface area contributed by atoms with E-state index in [0.29, 0.717) is 13.1 Å². The van der Waals surface area contributed by atoms with Crippen LogP contribution < -0.4 is 10.9 Å². The fourth-order valence-electron chi connectivity index (χ4n) is 2.64. The Morgan fingerprint density at radius 2 is 1.61 bits per heavy atom. The van der Waals surface area contributed by atoms with E-state index in [0.717, 1.165) is 11.1 Å². The van der Waals surface area contributed by atoms with Crippen LogP contribution in [0, 0.1) is 6.92 Å². The molecule has 0 unspecified atom stereocenters. The van der Waals surface area contributed by atoms with Gasteiger partial charge in [-0.3, -0.25) is 20.4 Å². The molecule has 2 aromatic rings. The fraction of sp³-hybridized carbons (Fsp3) is 0.300. The molecule has 0 aliphatic heterocycles. The number of sulfonamides is 1. The third kappa shape index (κ3) is 5.40. The molecule has 0 spiro atoms. The SMILES string of the molecule is CCN(CC)S(=O)(=O)c1cccc(C(=O)NNC(=O)Cc2ccc(C)cc2)c1. The smallest absolute Gasteiger partial charge is 0.269 e. The van der Waals surface area contributed by atoms with Crippen LogP contribution in [0.15, 0.2) is 53.4 Å². The minimum atomic E-state index is -3.67. The highest BCUT2D eigenvalue weighted by Crippen LogP contribution is 2.16. The van der Waals surface area contributed by atoms with Crippen molar-refractivity contribution in [1.29, 1.82) is 0 Å². The van der Waals surface area contributed by atoms with Gasteiger partial charge in [0.15, 0.2) is 0 Å². The van der Waals surface area contributed by atoms with Crippen LogP contribution in [0.4, 0.5) is 0 Å². The van der Waals surface area contributed by atoms with Crippen LogP contribution >= 0.6 is 0 Å². The van der Waals surface area contributed by atoms with Crippen molar-refractivity contribution in [2.75, 3.05) is 13.1 Å². The molecule has 150 valence electrons. The first-order valence-corrected chi connectivity index (χ1v) is 10.5. The molecule has 2 N–H and O–H groups in total. The Morgan fingerprint density at radius 3 is 2.21 bits per heavy atom. The Hall–Kier alpha value is -2.71. The highest BCUT2D eigenvalue weighted by Gasteiger charge is 2.22. The number of carbonyl (C=O) groups excluding carboxylic acids is 2. The Morgan fingerprint density at radius 1 is 0.964 bits per heavy atom. The predicted octanol–water partition coefficient (Wildman–Crippen LogP) is 2.03. The zero-order chi connectivity index (χ0) is 20.7. The number of hydrogen-bond acceptors (Lipinski definition) is 4. The summed E-state index contributed by atoms with van der Waals surface area (Å²) in [6, 6.07) is 13.2.